The van der Waals surface area contributed by atoms with Crippen molar-refractivity contribution >= 4 is 0 Å². The summed E-state index contributed by atoms with van der Waals surface area (Å²) < 4.78 is 25.1. The maximum Gasteiger partial charge on any atom is 0.123 e. The van der Waals surface area contributed by atoms with E-state index in [4.69, 9.17) is 9.47 Å². The van der Waals surface area contributed by atoms with Gasteiger partial charge in [-0.05, 0) is 61.2 Å². The molecule has 146 valence electrons. The van der Waals surface area contributed by atoms with Gasteiger partial charge in [0.15, 0.2) is 0 Å². The Kier molecular flexibility index (Phi) is 6.47. The van der Waals surface area contributed by atoms with E-state index < -0.39 is 6.10 Å². The zero-order chi connectivity index (χ0) is 19.4. The number of halogens is 1. The second-order valence-corrected chi connectivity index (χ2v) is 7.34. The van der Waals surface area contributed by atoms with Crippen LogP contribution in [0.5, 0.6) is 5.75 Å². The third kappa shape index (κ3) is 5.28. The highest BCUT2D eigenvalue weighted by Crippen LogP contribution is 2.25. The molecule has 2 unspecified atom stereocenters. The van der Waals surface area contributed by atoms with Gasteiger partial charge >= 0.3 is 0 Å². The van der Waals surface area contributed by atoms with Crippen molar-refractivity contribution in [2.24, 2.45) is 0 Å². The Morgan fingerprint density at radius 2 is 2.07 bits per heavy atom. The van der Waals surface area contributed by atoms with Crippen molar-refractivity contribution in [3.63, 3.8) is 0 Å². The van der Waals surface area contributed by atoms with Gasteiger partial charge in [-0.1, -0.05) is 18.2 Å². The molecule has 1 aliphatic heterocycles. The van der Waals surface area contributed by atoms with Gasteiger partial charge in [-0.2, -0.15) is 0 Å². The van der Waals surface area contributed by atoms with Gasteiger partial charge in [0, 0.05) is 19.6 Å². The quantitative estimate of drug-likeness (QED) is 0.841. The zero-order valence-electron chi connectivity index (χ0n) is 16.2. The normalized spacial score (nSPS) is 19.1. The van der Waals surface area contributed by atoms with E-state index >= 15 is 0 Å². The van der Waals surface area contributed by atoms with Gasteiger partial charge in [-0.25, -0.2) is 4.39 Å². The molecule has 1 N–H and O–H groups in total. The molecule has 0 radical (unpaired) electrons. The molecule has 2 aromatic carbocycles. The number of aliphatic hydroxyl groups excluding tert-OH is 1. The highest BCUT2D eigenvalue weighted by molar-refractivity contribution is 5.41. The minimum atomic E-state index is -0.600. The fourth-order valence-electron chi connectivity index (χ4n) is 3.46. The summed E-state index contributed by atoms with van der Waals surface area (Å²) >= 11 is 0. The number of morpholine rings is 1. The molecule has 0 aromatic heterocycles. The molecule has 1 fully saturated rings. The first-order chi connectivity index (χ1) is 12.9. The lowest BCUT2D eigenvalue weighted by Gasteiger charge is -2.34. The number of hydrogen-bond acceptors (Lipinski definition) is 4. The standard InChI is InChI=1S/C22H28FNO3/c1-15-9-16(2)17(3)21(10-15)27-14-20(25)12-24-7-8-26-22(13-24)18-5-4-6-19(23)11-18/h4-6,9-11,20,22,25H,7-8,12-14H2,1-3H3. The first-order valence-corrected chi connectivity index (χ1v) is 9.40. The van der Waals surface area contributed by atoms with E-state index in [0.29, 0.717) is 19.7 Å². The highest BCUT2D eigenvalue weighted by atomic mass is 19.1. The number of aliphatic hydroxyl groups is 1. The maximum atomic E-state index is 13.5. The highest BCUT2D eigenvalue weighted by Gasteiger charge is 2.24. The third-order valence-corrected chi connectivity index (χ3v) is 5.04. The van der Waals surface area contributed by atoms with Crippen LogP contribution in [0.3, 0.4) is 0 Å². The Morgan fingerprint density at radius 1 is 1.26 bits per heavy atom. The van der Waals surface area contributed by atoms with E-state index in [1.165, 1.54) is 17.7 Å². The van der Waals surface area contributed by atoms with E-state index in [2.05, 4.69) is 17.9 Å². The lowest BCUT2D eigenvalue weighted by molar-refractivity contribution is -0.0460. The Hall–Kier alpha value is -1.95. The minimum Gasteiger partial charge on any atom is -0.491 e. The summed E-state index contributed by atoms with van der Waals surface area (Å²) in [4.78, 5) is 2.14. The molecule has 5 heteroatoms. The predicted octanol–water partition coefficient (Wildman–Crippen LogP) is 3.56. The van der Waals surface area contributed by atoms with E-state index in [0.717, 1.165) is 29.0 Å². The lowest BCUT2D eigenvalue weighted by atomic mass is 10.1. The second-order valence-electron chi connectivity index (χ2n) is 7.34. The van der Waals surface area contributed by atoms with Crippen LogP contribution >= 0.6 is 0 Å². The van der Waals surface area contributed by atoms with Gasteiger partial charge in [0.1, 0.15) is 24.3 Å². The molecule has 4 nitrogen and oxygen atoms in total. The van der Waals surface area contributed by atoms with Gasteiger partial charge < -0.3 is 14.6 Å². The average Bonchev–Trinajstić information content (AvgIpc) is 2.63. The van der Waals surface area contributed by atoms with Gasteiger partial charge in [0.2, 0.25) is 0 Å². The van der Waals surface area contributed by atoms with E-state index in [1.54, 1.807) is 6.07 Å². The summed E-state index contributed by atoms with van der Waals surface area (Å²) in [6.07, 6.45) is -0.777. The number of benzene rings is 2. The van der Waals surface area contributed by atoms with Crippen LogP contribution in [0.2, 0.25) is 0 Å². The van der Waals surface area contributed by atoms with Crippen molar-refractivity contribution in [1.82, 2.24) is 4.90 Å². The molecule has 0 bridgehead atoms. The van der Waals surface area contributed by atoms with Crippen molar-refractivity contribution in [1.29, 1.82) is 0 Å². The van der Waals surface area contributed by atoms with Crippen LogP contribution in [0.4, 0.5) is 4.39 Å². The first kappa shape index (κ1) is 19.8. The molecule has 0 aliphatic carbocycles. The van der Waals surface area contributed by atoms with Crippen LogP contribution in [-0.2, 0) is 4.74 Å². The molecule has 0 saturated carbocycles. The van der Waals surface area contributed by atoms with Crippen LogP contribution < -0.4 is 4.74 Å². The number of rotatable bonds is 6. The monoisotopic (exact) mass is 373 g/mol. The summed E-state index contributed by atoms with van der Waals surface area (Å²) in [7, 11) is 0. The van der Waals surface area contributed by atoms with Crippen LogP contribution in [0.25, 0.3) is 0 Å². The van der Waals surface area contributed by atoms with Gasteiger partial charge in [-0.3, -0.25) is 4.90 Å². The van der Waals surface area contributed by atoms with E-state index in [-0.39, 0.29) is 18.5 Å². The largest absolute Gasteiger partial charge is 0.491 e. The molecule has 0 amide bonds. The van der Waals surface area contributed by atoms with Crippen molar-refractivity contribution in [3.8, 4) is 5.75 Å². The second kappa shape index (κ2) is 8.83. The van der Waals surface area contributed by atoms with Gasteiger partial charge in [0.05, 0.1) is 12.7 Å². The molecule has 2 aromatic rings. The predicted molar refractivity (Wildman–Crippen MR) is 104 cm³/mol. The molecule has 27 heavy (non-hydrogen) atoms. The van der Waals surface area contributed by atoms with Crippen molar-refractivity contribution in [2.45, 2.75) is 33.0 Å². The van der Waals surface area contributed by atoms with Gasteiger partial charge in [0.25, 0.3) is 0 Å². The summed E-state index contributed by atoms with van der Waals surface area (Å²) in [5.41, 5.74) is 4.26. The van der Waals surface area contributed by atoms with Crippen LogP contribution in [0, 0.1) is 26.6 Å². The number of β-amino-alcohol motifs (C(OH)–C–C–N with tert-alkyl or cyclic N) is 1. The van der Waals surface area contributed by atoms with E-state index in [1.807, 2.05) is 26.0 Å². The van der Waals surface area contributed by atoms with Crippen LogP contribution in [0.1, 0.15) is 28.4 Å². The van der Waals surface area contributed by atoms with Gasteiger partial charge in [-0.15, -0.1) is 0 Å². The van der Waals surface area contributed by atoms with Crippen molar-refractivity contribution < 1.29 is 19.0 Å². The topological polar surface area (TPSA) is 41.9 Å². The Bertz CT molecular complexity index is 780. The summed E-state index contributed by atoms with van der Waals surface area (Å²) in [6.45, 7) is 8.80. The summed E-state index contributed by atoms with van der Waals surface area (Å²) in [5.74, 6) is 0.566. The molecular weight excluding hydrogens is 345 g/mol. The fourth-order valence-corrected chi connectivity index (χ4v) is 3.46. The van der Waals surface area contributed by atoms with Crippen LogP contribution in [0.15, 0.2) is 36.4 Å². The summed E-state index contributed by atoms with van der Waals surface area (Å²) in [6, 6.07) is 10.6. The molecule has 0 spiro atoms. The number of nitrogens with zero attached hydrogens (tertiary/aromatic N) is 1. The smallest absolute Gasteiger partial charge is 0.123 e. The summed E-state index contributed by atoms with van der Waals surface area (Å²) in [5, 5.41) is 10.4. The van der Waals surface area contributed by atoms with E-state index in [9.17, 15) is 9.50 Å². The number of aryl methyl sites for hydroxylation is 2. The number of ether oxygens (including phenoxy) is 2. The third-order valence-electron chi connectivity index (χ3n) is 5.04. The first-order valence-electron chi connectivity index (χ1n) is 9.40. The zero-order valence-corrected chi connectivity index (χ0v) is 16.2. The molecule has 1 aliphatic rings. The Morgan fingerprint density at radius 3 is 2.85 bits per heavy atom. The Balaban J connectivity index is 1.54. The Labute approximate surface area is 160 Å². The van der Waals surface area contributed by atoms with Crippen molar-refractivity contribution in [2.75, 3.05) is 32.8 Å². The fraction of sp³-hybridized carbons (Fsp3) is 0.455. The molecule has 1 heterocycles. The maximum absolute atomic E-state index is 13.5. The SMILES string of the molecule is Cc1cc(C)c(C)c(OCC(O)CN2CCOC(c3cccc(F)c3)C2)c1. The average molecular weight is 373 g/mol. The molecule has 3 rings (SSSR count). The number of hydrogen-bond donors (Lipinski definition) is 1. The molecule has 1 saturated heterocycles. The van der Waals surface area contributed by atoms with Crippen LogP contribution in [-0.4, -0.2) is 49.0 Å². The van der Waals surface area contributed by atoms with Crippen molar-refractivity contribution in [3.05, 3.63) is 64.5 Å². The lowest BCUT2D eigenvalue weighted by Crippen LogP contribution is -2.43. The molecular formula is C22H28FNO3. The minimum absolute atomic E-state index is 0.177. The molecule has 2 atom stereocenters.